The van der Waals surface area contributed by atoms with E-state index in [2.05, 4.69) is 25.0 Å². The van der Waals surface area contributed by atoms with Crippen molar-refractivity contribution < 1.29 is 13.2 Å². The van der Waals surface area contributed by atoms with Gasteiger partial charge in [-0.1, -0.05) is 0 Å². The highest BCUT2D eigenvalue weighted by molar-refractivity contribution is 5.47. The van der Waals surface area contributed by atoms with Crippen molar-refractivity contribution in [2.24, 2.45) is 0 Å². The van der Waals surface area contributed by atoms with Crippen LogP contribution in [0.15, 0.2) is 24.7 Å². The van der Waals surface area contributed by atoms with Gasteiger partial charge in [0.2, 0.25) is 0 Å². The van der Waals surface area contributed by atoms with Gasteiger partial charge in [0, 0.05) is 31.2 Å². The molecule has 0 amide bonds. The first-order valence-corrected chi connectivity index (χ1v) is 6.62. The summed E-state index contributed by atoms with van der Waals surface area (Å²) in [5.41, 5.74) is 1.22. The number of anilines is 1. The summed E-state index contributed by atoms with van der Waals surface area (Å²) in [6, 6.07) is 1.64. The van der Waals surface area contributed by atoms with Crippen molar-refractivity contribution in [1.29, 1.82) is 0 Å². The van der Waals surface area contributed by atoms with Crippen LogP contribution in [-0.2, 0) is 12.7 Å². The Kier molecular flexibility index (Phi) is 3.58. The summed E-state index contributed by atoms with van der Waals surface area (Å²) in [4.78, 5) is 17.3. The van der Waals surface area contributed by atoms with E-state index in [1.165, 1.54) is 0 Å². The molecule has 120 valence electrons. The molecule has 0 N–H and O–H groups in total. The number of alkyl halides is 3. The summed E-state index contributed by atoms with van der Waals surface area (Å²) in [6.45, 7) is 2.04. The Morgan fingerprint density at radius 2 is 2.00 bits per heavy atom. The fraction of sp³-hybridized carbons (Fsp3) is 0.308. The van der Waals surface area contributed by atoms with Crippen LogP contribution in [0.4, 0.5) is 19.0 Å². The fourth-order valence-corrected chi connectivity index (χ4v) is 2.10. The molecule has 0 fully saturated rings. The zero-order valence-electron chi connectivity index (χ0n) is 12.3. The van der Waals surface area contributed by atoms with Gasteiger partial charge in [-0.25, -0.2) is 4.98 Å². The van der Waals surface area contributed by atoms with Gasteiger partial charge >= 0.3 is 6.18 Å². The van der Waals surface area contributed by atoms with Gasteiger partial charge in [0.15, 0.2) is 0 Å². The predicted molar refractivity (Wildman–Crippen MR) is 74.7 cm³/mol. The van der Waals surface area contributed by atoms with E-state index < -0.39 is 12.0 Å². The topological polar surface area (TPSA) is 72.1 Å². The molecule has 3 aromatic heterocycles. The average molecular weight is 323 g/mol. The molecule has 0 aliphatic rings. The van der Waals surface area contributed by atoms with Crippen LogP contribution in [0, 0.1) is 6.92 Å². The number of halogens is 3. The maximum Gasteiger partial charge on any atom is 0.453 e. The van der Waals surface area contributed by atoms with Crippen LogP contribution in [0.2, 0.25) is 0 Å². The number of nitrogens with zero attached hydrogens (tertiary/aromatic N) is 7. The third kappa shape index (κ3) is 3.05. The largest absolute Gasteiger partial charge is 0.453 e. The van der Waals surface area contributed by atoms with Gasteiger partial charge in [-0.05, 0) is 6.92 Å². The quantitative estimate of drug-likeness (QED) is 0.733. The van der Waals surface area contributed by atoms with Gasteiger partial charge in [0.1, 0.15) is 5.82 Å². The summed E-state index contributed by atoms with van der Waals surface area (Å²) in [7, 11) is 1.72. The molecule has 10 heteroatoms. The van der Waals surface area contributed by atoms with Crippen molar-refractivity contribution in [2.45, 2.75) is 19.6 Å². The van der Waals surface area contributed by atoms with E-state index in [1.54, 1.807) is 43.5 Å². The molecule has 3 aromatic rings. The van der Waals surface area contributed by atoms with Crippen molar-refractivity contribution in [1.82, 2.24) is 29.5 Å². The van der Waals surface area contributed by atoms with Crippen LogP contribution in [-0.4, -0.2) is 36.6 Å². The summed E-state index contributed by atoms with van der Waals surface area (Å²) < 4.78 is 39.5. The predicted octanol–water partition coefficient (Wildman–Crippen LogP) is 1.88. The third-order valence-electron chi connectivity index (χ3n) is 3.08. The molecule has 0 saturated carbocycles. The van der Waals surface area contributed by atoms with Crippen molar-refractivity contribution in [2.75, 3.05) is 11.9 Å². The highest BCUT2D eigenvalue weighted by Crippen LogP contribution is 2.27. The minimum absolute atomic E-state index is 0.0988. The molecule has 7 nitrogen and oxygen atoms in total. The maximum atomic E-state index is 12.8. The molecule has 0 bridgehead atoms. The van der Waals surface area contributed by atoms with E-state index in [-0.39, 0.29) is 5.78 Å². The van der Waals surface area contributed by atoms with Crippen molar-refractivity contribution >= 4 is 11.6 Å². The lowest BCUT2D eigenvalue weighted by Gasteiger charge is -2.19. The second-order valence-electron chi connectivity index (χ2n) is 4.95. The van der Waals surface area contributed by atoms with E-state index in [9.17, 15) is 13.2 Å². The number of hydrogen-bond donors (Lipinski definition) is 0. The number of aromatic nitrogens is 6. The minimum Gasteiger partial charge on any atom is -0.353 e. The molecule has 3 heterocycles. The van der Waals surface area contributed by atoms with Gasteiger partial charge in [-0.2, -0.15) is 22.7 Å². The summed E-state index contributed by atoms with van der Waals surface area (Å²) in [6.07, 6.45) is 0.0612. The number of fused-ring (bicyclic) bond motifs is 1. The summed E-state index contributed by atoms with van der Waals surface area (Å²) in [5, 5.41) is 3.53. The number of rotatable bonds is 3. The van der Waals surface area contributed by atoms with E-state index in [0.717, 1.165) is 4.52 Å². The van der Waals surface area contributed by atoms with Gasteiger partial charge < -0.3 is 4.90 Å². The van der Waals surface area contributed by atoms with E-state index in [0.29, 0.717) is 23.8 Å². The number of hydrogen-bond acceptors (Lipinski definition) is 6. The molecule has 0 spiro atoms. The SMILES string of the molecule is Cc1cc(N(C)Cc2cnccn2)n2nc(C(F)(F)F)nc2n1. The molecule has 0 aliphatic carbocycles. The van der Waals surface area contributed by atoms with E-state index in [4.69, 9.17) is 0 Å². The molecule has 0 atom stereocenters. The molecule has 0 aromatic carbocycles. The van der Waals surface area contributed by atoms with Crippen molar-refractivity contribution in [3.05, 3.63) is 41.9 Å². The summed E-state index contributed by atoms with van der Waals surface area (Å²) in [5.74, 6) is -0.885. The minimum atomic E-state index is -4.62. The van der Waals surface area contributed by atoms with Crippen molar-refractivity contribution in [3.8, 4) is 0 Å². The van der Waals surface area contributed by atoms with Gasteiger partial charge in [-0.3, -0.25) is 9.97 Å². The standard InChI is InChI=1S/C13H12F3N7/c1-8-5-10(22(2)7-9-6-17-3-4-18-9)23-12(19-8)20-11(21-23)13(14,15)16/h3-6H,7H2,1-2H3. The Morgan fingerprint density at radius 1 is 1.22 bits per heavy atom. The van der Waals surface area contributed by atoms with E-state index >= 15 is 0 Å². The van der Waals surface area contributed by atoms with Crippen LogP contribution in [0.5, 0.6) is 0 Å². The summed E-state index contributed by atoms with van der Waals surface area (Å²) >= 11 is 0. The Labute approximate surface area is 128 Å². The van der Waals surface area contributed by atoms with E-state index in [1.807, 2.05) is 0 Å². The van der Waals surface area contributed by atoms with Gasteiger partial charge in [0.25, 0.3) is 11.6 Å². The molecule has 0 aliphatic heterocycles. The van der Waals surface area contributed by atoms with Crippen LogP contribution in [0.1, 0.15) is 17.2 Å². The highest BCUT2D eigenvalue weighted by Gasteiger charge is 2.37. The molecule has 0 saturated heterocycles. The fourth-order valence-electron chi connectivity index (χ4n) is 2.10. The van der Waals surface area contributed by atoms with Gasteiger partial charge in [-0.15, -0.1) is 5.10 Å². The highest BCUT2D eigenvalue weighted by atomic mass is 19.4. The first-order chi connectivity index (χ1) is 10.8. The normalized spacial score (nSPS) is 11.9. The average Bonchev–Trinajstić information content (AvgIpc) is 2.91. The molecular formula is C13H12F3N7. The van der Waals surface area contributed by atoms with Crippen molar-refractivity contribution in [3.63, 3.8) is 0 Å². The zero-order chi connectivity index (χ0) is 16.6. The second-order valence-corrected chi connectivity index (χ2v) is 4.95. The lowest BCUT2D eigenvalue weighted by atomic mass is 10.3. The molecule has 0 unspecified atom stereocenters. The molecule has 3 rings (SSSR count). The first kappa shape index (κ1) is 15.1. The first-order valence-electron chi connectivity index (χ1n) is 6.62. The van der Waals surface area contributed by atoms with Crippen LogP contribution in [0.25, 0.3) is 5.78 Å². The monoisotopic (exact) mass is 323 g/mol. The number of aryl methyl sites for hydroxylation is 1. The third-order valence-corrected chi connectivity index (χ3v) is 3.08. The van der Waals surface area contributed by atoms with Crippen LogP contribution < -0.4 is 4.90 Å². The van der Waals surface area contributed by atoms with Gasteiger partial charge in [0.05, 0.1) is 18.4 Å². The molecule has 0 radical (unpaired) electrons. The Balaban J connectivity index is 2.04. The Bertz CT molecular complexity index is 829. The maximum absolute atomic E-state index is 12.8. The molecular weight excluding hydrogens is 311 g/mol. The smallest absolute Gasteiger partial charge is 0.353 e. The zero-order valence-corrected chi connectivity index (χ0v) is 12.3. The second kappa shape index (κ2) is 5.45. The van der Waals surface area contributed by atoms with Crippen LogP contribution >= 0.6 is 0 Å². The Morgan fingerprint density at radius 3 is 2.65 bits per heavy atom. The molecule has 23 heavy (non-hydrogen) atoms. The lowest BCUT2D eigenvalue weighted by Crippen LogP contribution is -2.21. The van der Waals surface area contributed by atoms with Crippen LogP contribution in [0.3, 0.4) is 0 Å². The Hall–Kier alpha value is -2.78. The lowest BCUT2D eigenvalue weighted by molar-refractivity contribution is -0.144.